The molecule has 2 aromatic carbocycles. The first kappa shape index (κ1) is 23.4. The Morgan fingerprint density at radius 3 is 2.62 bits per heavy atom. The highest BCUT2D eigenvalue weighted by atomic mass is 16.5. The van der Waals surface area contributed by atoms with Crippen molar-refractivity contribution >= 4 is 17.6 Å². The van der Waals surface area contributed by atoms with Crippen molar-refractivity contribution in [2.75, 3.05) is 45.7 Å². The molecule has 0 saturated carbocycles. The van der Waals surface area contributed by atoms with Crippen molar-refractivity contribution in [1.29, 1.82) is 0 Å². The van der Waals surface area contributed by atoms with Crippen LogP contribution in [0.3, 0.4) is 0 Å². The van der Waals surface area contributed by atoms with Crippen molar-refractivity contribution in [3.8, 4) is 11.5 Å². The van der Waals surface area contributed by atoms with Crippen molar-refractivity contribution in [2.45, 2.75) is 25.3 Å². The molecular weight excluding hydrogens is 408 g/mol. The zero-order valence-corrected chi connectivity index (χ0v) is 18.7. The Bertz CT molecular complexity index is 891. The molecule has 32 heavy (non-hydrogen) atoms. The SMILES string of the molecule is COc1ccc(CCCNC(=O)CC2CN(C(=O)Nc3ccccc3)CCN2)cc1OC. The molecule has 0 spiro atoms. The van der Waals surface area contributed by atoms with Gasteiger partial charge in [0.2, 0.25) is 5.91 Å². The molecule has 8 heteroatoms. The maximum atomic E-state index is 12.5. The van der Waals surface area contributed by atoms with Crippen LogP contribution in [0.5, 0.6) is 11.5 Å². The third-order valence-electron chi connectivity index (χ3n) is 5.41. The van der Waals surface area contributed by atoms with E-state index in [2.05, 4.69) is 16.0 Å². The van der Waals surface area contributed by atoms with Gasteiger partial charge in [-0.25, -0.2) is 4.79 Å². The summed E-state index contributed by atoms with van der Waals surface area (Å²) in [4.78, 5) is 26.6. The third-order valence-corrected chi connectivity index (χ3v) is 5.41. The Labute approximate surface area is 189 Å². The number of methoxy groups -OCH3 is 2. The Morgan fingerprint density at radius 1 is 1.09 bits per heavy atom. The molecule has 0 aliphatic carbocycles. The van der Waals surface area contributed by atoms with E-state index in [0.29, 0.717) is 44.1 Å². The topological polar surface area (TPSA) is 91.9 Å². The highest BCUT2D eigenvalue weighted by molar-refractivity contribution is 5.89. The zero-order chi connectivity index (χ0) is 22.8. The minimum Gasteiger partial charge on any atom is -0.493 e. The van der Waals surface area contributed by atoms with Crippen molar-refractivity contribution in [2.24, 2.45) is 0 Å². The third kappa shape index (κ3) is 6.88. The zero-order valence-electron chi connectivity index (χ0n) is 18.7. The lowest BCUT2D eigenvalue weighted by Crippen LogP contribution is -2.54. The molecule has 3 amide bonds. The van der Waals surface area contributed by atoms with E-state index < -0.39 is 0 Å². The van der Waals surface area contributed by atoms with Crippen molar-refractivity contribution in [3.05, 3.63) is 54.1 Å². The number of nitrogens with zero attached hydrogens (tertiary/aromatic N) is 1. The number of hydrogen-bond donors (Lipinski definition) is 3. The number of urea groups is 1. The standard InChI is InChI=1S/C24H32N4O4/c1-31-21-11-10-18(15-22(21)32-2)7-6-12-26-23(29)16-20-17-28(14-13-25-20)24(30)27-19-8-4-3-5-9-19/h3-5,8-11,15,20,25H,6-7,12-14,16-17H2,1-2H3,(H,26,29)(H,27,30). The lowest BCUT2D eigenvalue weighted by Gasteiger charge is -2.33. The fraction of sp³-hybridized carbons (Fsp3) is 0.417. The fourth-order valence-corrected chi connectivity index (χ4v) is 3.72. The molecule has 8 nitrogen and oxygen atoms in total. The van der Waals surface area contributed by atoms with Crippen LogP contribution in [0, 0.1) is 0 Å². The number of nitrogens with one attached hydrogen (secondary N) is 3. The van der Waals surface area contributed by atoms with Gasteiger partial charge in [0.15, 0.2) is 11.5 Å². The number of amides is 3. The molecule has 1 atom stereocenters. The van der Waals surface area contributed by atoms with Crippen molar-refractivity contribution < 1.29 is 19.1 Å². The van der Waals surface area contributed by atoms with Crippen molar-refractivity contribution in [1.82, 2.24) is 15.5 Å². The maximum Gasteiger partial charge on any atom is 0.321 e. The number of anilines is 1. The first-order valence-electron chi connectivity index (χ1n) is 10.9. The summed E-state index contributed by atoms with van der Waals surface area (Å²) in [5.74, 6) is 1.40. The maximum absolute atomic E-state index is 12.5. The van der Waals surface area contributed by atoms with Gasteiger partial charge < -0.3 is 30.3 Å². The number of carbonyl (C=O) groups is 2. The van der Waals surface area contributed by atoms with E-state index in [-0.39, 0.29) is 18.0 Å². The summed E-state index contributed by atoms with van der Waals surface area (Å²) in [6.45, 7) is 2.37. The predicted molar refractivity (Wildman–Crippen MR) is 124 cm³/mol. The minimum atomic E-state index is -0.141. The highest BCUT2D eigenvalue weighted by Gasteiger charge is 2.24. The number of rotatable bonds is 9. The fourth-order valence-electron chi connectivity index (χ4n) is 3.72. The Morgan fingerprint density at radius 2 is 1.88 bits per heavy atom. The van der Waals surface area contributed by atoms with E-state index in [1.807, 2.05) is 48.5 Å². The largest absolute Gasteiger partial charge is 0.493 e. The first-order valence-corrected chi connectivity index (χ1v) is 10.9. The summed E-state index contributed by atoms with van der Waals surface area (Å²) < 4.78 is 10.6. The van der Waals surface area contributed by atoms with E-state index in [9.17, 15) is 9.59 Å². The van der Waals surface area contributed by atoms with Gasteiger partial charge in [-0.15, -0.1) is 0 Å². The Kier molecular flexibility index (Phi) is 8.74. The number of ether oxygens (including phenoxy) is 2. The number of hydrogen-bond acceptors (Lipinski definition) is 5. The second kappa shape index (κ2) is 12.0. The number of carbonyl (C=O) groups excluding carboxylic acids is 2. The van der Waals surface area contributed by atoms with E-state index in [1.54, 1.807) is 19.1 Å². The van der Waals surface area contributed by atoms with Crippen LogP contribution < -0.4 is 25.4 Å². The van der Waals surface area contributed by atoms with Gasteiger partial charge in [-0.3, -0.25) is 4.79 Å². The second-order valence-corrected chi connectivity index (χ2v) is 7.74. The molecule has 1 aliphatic heterocycles. The molecule has 0 radical (unpaired) electrons. The Hall–Kier alpha value is -3.26. The average molecular weight is 441 g/mol. The van der Waals surface area contributed by atoms with Crippen LogP contribution in [0.4, 0.5) is 10.5 Å². The molecule has 1 aliphatic rings. The average Bonchev–Trinajstić information content (AvgIpc) is 2.82. The molecule has 3 rings (SSSR count). The first-order chi connectivity index (χ1) is 15.6. The van der Waals surface area contributed by atoms with Gasteiger partial charge in [0, 0.05) is 44.3 Å². The molecule has 2 aromatic rings. The molecule has 0 aromatic heterocycles. The van der Waals surface area contributed by atoms with Gasteiger partial charge >= 0.3 is 6.03 Å². The summed E-state index contributed by atoms with van der Waals surface area (Å²) in [5.41, 5.74) is 1.89. The number of para-hydroxylation sites is 1. The van der Waals surface area contributed by atoms with Crippen LogP contribution in [0.25, 0.3) is 0 Å². The summed E-state index contributed by atoms with van der Waals surface area (Å²) in [6, 6.07) is 15.0. The summed E-state index contributed by atoms with van der Waals surface area (Å²) in [7, 11) is 3.23. The Balaban J connectivity index is 1.37. The van der Waals surface area contributed by atoms with Crippen LogP contribution in [-0.4, -0.2) is 63.3 Å². The van der Waals surface area contributed by atoms with Crippen LogP contribution in [0.15, 0.2) is 48.5 Å². The van der Waals surface area contributed by atoms with Crippen LogP contribution >= 0.6 is 0 Å². The van der Waals surface area contributed by atoms with Gasteiger partial charge in [-0.1, -0.05) is 24.3 Å². The number of piperazine rings is 1. The van der Waals surface area contributed by atoms with Crippen LogP contribution in [-0.2, 0) is 11.2 Å². The van der Waals surface area contributed by atoms with E-state index in [0.717, 1.165) is 24.1 Å². The summed E-state index contributed by atoms with van der Waals surface area (Å²) >= 11 is 0. The normalized spacial score (nSPS) is 15.7. The summed E-state index contributed by atoms with van der Waals surface area (Å²) in [6.07, 6.45) is 1.99. The number of benzene rings is 2. The van der Waals surface area contributed by atoms with Crippen LogP contribution in [0.1, 0.15) is 18.4 Å². The molecule has 1 saturated heterocycles. The van der Waals surface area contributed by atoms with Gasteiger partial charge in [0.25, 0.3) is 0 Å². The number of aryl methyl sites for hydroxylation is 1. The highest BCUT2D eigenvalue weighted by Crippen LogP contribution is 2.27. The monoisotopic (exact) mass is 440 g/mol. The molecule has 3 N–H and O–H groups in total. The van der Waals surface area contributed by atoms with Crippen LogP contribution in [0.2, 0.25) is 0 Å². The molecule has 172 valence electrons. The van der Waals surface area contributed by atoms with E-state index in [1.165, 1.54) is 0 Å². The van der Waals surface area contributed by atoms with Gasteiger partial charge in [-0.2, -0.15) is 0 Å². The van der Waals surface area contributed by atoms with Crippen molar-refractivity contribution in [3.63, 3.8) is 0 Å². The molecule has 1 heterocycles. The van der Waals surface area contributed by atoms with Gasteiger partial charge in [0.05, 0.1) is 14.2 Å². The quantitative estimate of drug-likeness (QED) is 0.522. The molecule has 1 fully saturated rings. The van der Waals surface area contributed by atoms with Gasteiger partial charge in [-0.05, 0) is 42.7 Å². The smallest absolute Gasteiger partial charge is 0.321 e. The second-order valence-electron chi connectivity index (χ2n) is 7.74. The minimum absolute atomic E-state index is 0.0138. The lowest BCUT2D eigenvalue weighted by molar-refractivity contribution is -0.121. The molecule has 1 unspecified atom stereocenters. The predicted octanol–water partition coefficient (Wildman–Crippen LogP) is 2.65. The molecular formula is C24H32N4O4. The van der Waals surface area contributed by atoms with E-state index >= 15 is 0 Å². The molecule has 0 bridgehead atoms. The lowest BCUT2D eigenvalue weighted by atomic mass is 10.1. The van der Waals surface area contributed by atoms with E-state index in [4.69, 9.17) is 9.47 Å². The van der Waals surface area contributed by atoms with Gasteiger partial charge in [0.1, 0.15) is 0 Å². The summed E-state index contributed by atoms with van der Waals surface area (Å²) in [5, 5.41) is 9.21.